The predicted octanol–water partition coefficient (Wildman–Crippen LogP) is 7.04. The number of anilines is 1. The van der Waals surface area contributed by atoms with Crippen molar-refractivity contribution >= 4 is 22.9 Å². The largest absolute Gasteiger partial charge is 0.416 e. The van der Waals surface area contributed by atoms with Crippen LogP contribution in [0.25, 0.3) is 11.0 Å². The first-order chi connectivity index (χ1) is 17.3. The summed E-state index contributed by atoms with van der Waals surface area (Å²) in [6.07, 6.45) is 3.39. The van der Waals surface area contributed by atoms with E-state index in [2.05, 4.69) is 33.8 Å². The smallest absolute Gasteiger partial charge is 0.307 e. The maximum Gasteiger partial charge on any atom is 0.416 e. The highest BCUT2D eigenvalue weighted by atomic mass is 19.4. The number of carbonyl (C=O) groups excluding carboxylic acids is 1. The molecule has 2 heterocycles. The topological polar surface area (TPSA) is 50.2 Å². The Morgan fingerprint density at radius 3 is 2.50 bits per heavy atom. The molecule has 1 aliphatic carbocycles. The molecule has 36 heavy (non-hydrogen) atoms. The number of likely N-dealkylation sites (tertiary alicyclic amines) is 1. The molecule has 2 aliphatic rings. The summed E-state index contributed by atoms with van der Waals surface area (Å²) in [5, 5.41) is 2.84. The van der Waals surface area contributed by atoms with E-state index in [9.17, 15) is 18.0 Å². The van der Waals surface area contributed by atoms with E-state index in [0.717, 1.165) is 68.5 Å². The van der Waals surface area contributed by atoms with Crippen molar-refractivity contribution in [3.8, 4) is 0 Å². The Labute approximate surface area is 209 Å². The quantitative estimate of drug-likeness (QED) is 0.410. The molecule has 0 radical (unpaired) electrons. The van der Waals surface area contributed by atoms with E-state index >= 15 is 0 Å². The first kappa shape index (κ1) is 24.8. The Morgan fingerprint density at radius 1 is 1.03 bits per heavy atom. The lowest BCUT2D eigenvalue weighted by Gasteiger charge is -2.29. The van der Waals surface area contributed by atoms with E-state index in [1.165, 1.54) is 37.0 Å². The summed E-state index contributed by atoms with van der Waals surface area (Å²) in [5.41, 5.74) is 2.10. The predicted molar refractivity (Wildman–Crippen MR) is 135 cm³/mol. The number of hydrogen-bond acceptors (Lipinski definition) is 3. The number of aromatic nitrogens is 2. The van der Waals surface area contributed by atoms with Crippen LogP contribution >= 0.6 is 0 Å². The van der Waals surface area contributed by atoms with Crippen molar-refractivity contribution in [2.45, 2.75) is 70.6 Å². The highest BCUT2D eigenvalue weighted by Crippen LogP contribution is 2.37. The van der Waals surface area contributed by atoms with Crippen LogP contribution in [0.3, 0.4) is 0 Å². The van der Waals surface area contributed by atoms with E-state index in [1.807, 2.05) is 6.07 Å². The van der Waals surface area contributed by atoms with Crippen molar-refractivity contribution in [1.82, 2.24) is 14.5 Å². The standard InChI is InChI=1S/C28H33F3N4O/c1-19-8-11-23(12-9-19)35-25-16-20(18-34-14-3-2-4-15-34)10-13-24(25)32-27(35)33-26(36)21-6-5-7-22(17-21)28(29,30)31/h5-7,10,13,16-17,19,23H,2-4,8-9,11-12,14-15,18H2,1H3,(H,32,33,36)/t19-,23+. The summed E-state index contributed by atoms with van der Waals surface area (Å²) in [7, 11) is 0. The zero-order valence-corrected chi connectivity index (χ0v) is 20.7. The number of nitrogens with one attached hydrogen (secondary N) is 1. The summed E-state index contributed by atoms with van der Waals surface area (Å²) in [6.45, 7) is 5.36. The molecule has 2 fully saturated rings. The van der Waals surface area contributed by atoms with E-state index < -0.39 is 17.6 Å². The fourth-order valence-electron chi connectivity index (χ4n) is 5.58. The van der Waals surface area contributed by atoms with Crippen LogP contribution < -0.4 is 5.32 Å². The van der Waals surface area contributed by atoms with Gasteiger partial charge in [0.15, 0.2) is 0 Å². The third kappa shape index (κ3) is 5.43. The average molecular weight is 499 g/mol. The minimum Gasteiger partial charge on any atom is -0.307 e. The molecule has 8 heteroatoms. The van der Waals surface area contributed by atoms with Gasteiger partial charge >= 0.3 is 6.18 Å². The number of nitrogens with zero attached hydrogens (tertiary/aromatic N) is 3. The van der Waals surface area contributed by atoms with Crippen LogP contribution in [0.2, 0.25) is 0 Å². The van der Waals surface area contributed by atoms with Crippen molar-refractivity contribution in [3.63, 3.8) is 0 Å². The monoisotopic (exact) mass is 498 g/mol. The van der Waals surface area contributed by atoms with Crippen molar-refractivity contribution < 1.29 is 18.0 Å². The van der Waals surface area contributed by atoms with Crippen LogP contribution in [0.4, 0.5) is 19.1 Å². The molecular formula is C28H33F3N4O. The lowest BCUT2D eigenvalue weighted by molar-refractivity contribution is -0.137. The highest BCUT2D eigenvalue weighted by Gasteiger charge is 2.31. The molecule has 1 amide bonds. The molecule has 5 rings (SSSR count). The molecular weight excluding hydrogens is 465 g/mol. The molecule has 0 unspecified atom stereocenters. The summed E-state index contributed by atoms with van der Waals surface area (Å²) in [5.74, 6) is 0.478. The molecule has 3 aromatic rings. The van der Waals surface area contributed by atoms with Gasteiger partial charge < -0.3 is 4.57 Å². The third-order valence-electron chi connectivity index (χ3n) is 7.64. The van der Waals surface area contributed by atoms with Crippen molar-refractivity contribution in [2.24, 2.45) is 5.92 Å². The van der Waals surface area contributed by atoms with E-state index in [4.69, 9.17) is 4.98 Å². The van der Waals surface area contributed by atoms with Crippen LogP contribution in [0.15, 0.2) is 42.5 Å². The van der Waals surface area contributed by atoms with Gasteiger partial charge in [-0.25, -0.2) is 4.98 Å². The Bertz CT molecular complexity index is 1220. The van der Waals surface area contributed by atoms with E-state index in [1.54, 1.807) is 0 Å². The van der Waals surface area contributed by atoms with Crippen LogP contribution in [-0.2, 0) is 12.7 Å². The lowest BCUT2D eigenvalue weighted by Crippen LogP contribution is -2.29. The van der Waals surface area contributed by atoms with Gasteiger partial charge in [0.1, 0.15) is 0 Å². The fraction of sp³-hybridized carbons (Fsp3) is 0.500. The van der Waals surface area contributed by atoms with Crippen molar-refractivity contribution in [1.29, 1.82) is 0 Å². The van der Waals surface area contributed by atoms with Gasteiger partial charge in [-0.3, -0.25) is 15.0 Å². The van der Waals surface area contributed by atoms with Gasteiger partial charge in [-0.15, -0.1) is 0 Å². The van der Waals surface area contributed by atoms with Crippen LogP contribution in [0.5, 0.6) is 0 Å². The van der Waals surface area contributed by atoms with Gasteiger partial charge in [-0.1, -0.05) is 25.5 Å². The summed E-state index contributed by atoms with van der Waals surface area (Å²) in [6, 6.07) is 11.0. The molecule has 1 saturated heterocycles. The number of amides is 1. The Hall–Kier alpha value is -2.87. The molecule has 1 aliphatic heterocycles. The minimum absolute atomic E-state index is 0.0357. The second-order valence-electron chi connectivity index (χ2n) is 10.4. The molecule has 0 bridgehead atoms. The lowest BCUT2D eigenvalue weighted by atomic mass is 9.87. The van der Waals surface area contributed by atoms with Gasteiger partial charge in [0.2, 0.25) is 5.95 Å². The zero-order valence-electron chi connectivity index (χ0n) is 20.7. The number of carbonyl (C=O) groups is 1. The molecule has 5 nitrogen and oxygen atoms in total. The number of fused-ring (bicyclic) bond motifs is 1. The SMILES string of the molecule is C[C@H]1CC[C@@H](n2c(NC(=O)c3cccc(C(F)(F)F)c3)nc3ccc(CN4CCCCC4)cc32)CC1. The summed E-state index contributed by atoms with van der Waals surface area (Å²) < 4.78 is 41.7. The Balaban J connectivity index is 1.47. The van der Waals surface area contributed by atoms with Gasteiger partial charge in [-0.2, -0.15) is 13.2 Å². The van der Waals surface area contributed by atoms with E-state index in [0.29, 0.717) is 11.9 Å². The average Bonchev–Trinajstić information content (AvgIpc) is 3.22. The van der Waals surface area contributed by atoms with Gasteiger partial charge in [-0.05, 0) is 93.4 Å². The van der Waals surface area contributed by atoms with Crippen LogP contribution in [0, 0.1) is 5.92 Å². The zero-order chi connectivity index (χ0) is 25.3. The normalized spacial score (nSPS) is 21.6. The molecule has 0 atom stereocenters. The molecule has 192 valence electrons. The minimum atomic E-state index is -4.51. The number of halogens is 3. The highest BCUT2D eigenvalue weighted by molar-refractivity contribution is 6.04. The van der Waals surface area contributed by atoms with Crippen molar-refractivity contribution in [2.75, 3.05) is 18.4 Å². The second kappa shape index (κ2) is 10.2. The molecule has 1 saturated carbocycles. The molecule has 0 spiro atoms. The molecule has 1 aromatic heterocycles. The number of piperidine rings is 1. The number of benzene rings is 2. The first-order valence-corrected chi connectivity index (χ1v) is 13.0. The second-order valence-corrected chi connectivity index (χ2v) is 10.4. The molecule has 1 N–H and O–H groups in total. The number of hydrogen-bond donors (Lipinski definition) is 1. The maximum atomic E-state index is 13.2. The summed E-state index contributed by atoms with van der Waals surface area (Å²) >= 11 is 0. The van der Waals surface area contributed by atoms with Gasteiger partial charge in [0.05, 0.1) is 16.6 Å². The Kier molecular flexibility index (Phi) is 7.06. The first-order valence-electron chi connectivity index (χ1n) is 13.0. The molecule has 2 aromatic carbocycles. The maximum absolute atomic E-state index is 13.2. The van der Waals surface area contributed by atoms with Crippen LogP contribution in [-0.4, -0.2) is 33.4 Å². The number of alkyl halides is 3. The van der Waals surface area contributed by atoms with Gasteiger partial charge in [0, 0.05) is 18.2 Å². The van der Waals surface area contributed by atoms with Gasteiger partial charge in [0.25, 0.3) is 5.91 Å². The Morgan fingerprint density at radius 2 is 1.78 bits per heavy atom. The fourth-order valence-corrected chi connectivity index (χ4v) is 5.58. The number of rotatable bonds is 5. The summed E-state index contributed by atoms with van der Waals surface area (Å²) in [4.78, 5) is 20.3. The van der Waals surface area contributed by atoms with E-state index in [-0.39, 0.29) is 11.6 Å². The van der Waals surface area contributed by atoms with Crippen molar-refractivity contribution in [3.05, 3.63) is 59.2 Å². The number of imidazole rings is 1. The van der Waals surface area contributed by atoms with Crippen LogP contribution in [0.1, 0.15) is 79.4 Å². The third-order valence-corrected chi connectivity index (χ3v) is 7.64.